The topological polar surface area (TPSA) is 23.8 Å². The van der Waals surface area contributed by atoms with Crippen LogP contribution in [0.5, 0.6) is 0 Å². The Balaban J connectivity index is 3.33. The molecule has 0 saturated carbocycles. The van der Waals surface area contributed by atoms with E-state index in [2.05, 4.69) is 39.0 Å². The van der Waals surface area contributed by atoms with E-state index < -0.39 is 0 Å². The molecule has 0 aromatic carbocycles. The van der Waals surface area contributed by atoms with Crippen molar-refractivity contribution in [1.82, 2.24) is 0 Å². The standard InChI is InChI=1S/C11H19N/c1-11(2,3)9-7-5-4-6-8-10-12/h5,7H,4,6,8-9H2,1-3H3/b7-5+. The monoisotopic (exact) mass is 165 g/mol. The molecule has 12 heavy (non-hydrogen) atoms. The van der Waals surface area contributed by atoms with Crippen molar-refractivity contribution in [2.75, 3.05) is 0 Å². The molecule has 0 heterocycles. The van der Waals surface area contributed by atoms with Crippen LogP contribution in [0.4, 0.5) is 0 Å². The molecule has 0 aromatic rings. The highest BCUT2D eigenvalue weighted by Gasteiger charge is 2.05. The van der Waals surface area contributed by atoms with Crippen LogP contribution in [0, 0.1) is 16.7 Å². The van der Waals surface area contributed by atoms with Gasteiger partial charge in [-0.3, -0.25) is 0 Å². The average Bonchev–Trinajstić information content (AvgIpc) is 1.94. The quantitative estimate of drug-likeness (QED) is 0.460. The summed E-state index contributed by atoms with van der Waals surface area (Å²) < 4.78 is 0. The van der Waals surface area contributed by atoms with Crippen molar-refractivity contribution in [3.8, 4) is 6.07 Å². The molecular weight excluding hydrogens is 146 g/mol. The second-order valence-corrected chi connectivity index (χ2v) is 4.29. The van der Waals surface area contributed by atoms with Gasteiger partial charge in [-0.2, -0.15) is 5.26 Å². The predicted molar refractivity (Wildman–Crippen MR) is 52.7 cm³/mol. The van der Waals surface area contributed by atoms with Gasteiger partial charge in [-0.15, -0.1) is 0 Å². The van der Waals surface area contributed by atoms with Crippen molar-refractivity contribution in [3.63, 3.8) is 0 Å². The first-order valence-corrected chi connectivity index (χ1v) is 4.58. The molecule has 0 rings (SSSR count). The maximum absolute atomic E-state index is 8.28. The highest BCUT2D eigenvalue weighted by molar-refractivity contribution is 4.86. The zero-order chi connectivity index (χ0) is 9.45. The van der Waals surface area contributed by atoms with E-state index in [1.54, 1.807) is 0 Å². The predicted octanol–water partition coefficient (Wildman–Crippen LogP) is 3.67. The third-order valence-corrected chi connectivity index (χ3v) is 1.56. The highest BCUT2D eigenvalue weighted by Crippen LogP contribution is 2.18. The molecule has 0 bridgehead atoms. The molecule has 0 aliphatic rings. The van der Waals surface area contributed by atoms with Crippen LogP contribution in [0.2, 0.25) is 0 Å². The van der Waals surface area contributed by atoms with E-state index in [4.69, 9.17) is 5.26 Å². The minimum atomic E-state index is 0.395. The Labute approximate surface area is 76.1 Å². The lowest BCUT2D eigenvalue weighted by molar-refractivity contribution is 0.420. The van der Waals surface area contributed by atoms with Gasteiger partial charge in [0.2, 0.25) is 0 Å². The number of nitriles is 1. The number of rotatable bonds is 4. The summed E-state index contributed by atoms with van der Waals surface area (Å²) in [5.41, 5.74) is 0.395. The Morgan fingerprint density at radius 3 is 2.42 bits per heavy atom. The van der Waals surface area contributed by atoms with E-state index in [1.807, 2.05) is 0 Å². The molecule has 0 aliphatic heterocycles. The van der Waals surface area contributed by atoms with Crippen molar-refractivity contribution >= 4 is 0 Å². The second-order valence-electron chi connectivity index (χ2n) is 4.29. The molecule has 0 aliphatic carbocycles. The van der Waals surface area contributed by atoms with Gasteiger partial charge in [0.15, 0.2) is 0 Å². The summed E-state index contributed by atoms with van der Waals surface area (Å²) in [6.45, 7) is 6.69. The number of allylic oxidation sites excluding steroid dienone is 2. The van der Waals surface area contributed by atoms with Crippen molar-refractivity contribution in [2.45, 2.75) is 46.5 Å². The first-order valence-electron chi connectivity index (χ1n) is 4.58. The lowest BCUT2D eigenvalue weighted by Crippen LogP contribution is -2.01. The Hall–Kier alpha value is -0.770. The summed E-state index contributed by atoms with van der Waals surface area (Å²) in [6, 6.07) is 2.14. The van der Waals surface area contributed by atoms with E-state index in [-0.39, 0.29) is 0 Å². The third-order valence-electron chi connectivity index (χ3n) is 1.56. The average molecular weight is 165 g/mol. The minimum Gasteiger partial charge on any atom is -0.198 e. The largest absolute Gasteiger partial charge is 0.198 e. The highest BCUT2D eigenvalue weighted by atomic mass is 14.2. The summed E-state index contributed by atoms with van der Waals surface area (Å²) in [5.74, 6) is 0. The molecule has 0 fully saturated rings. The van der Waals surface area contributed by atoms with Crippen LogP contribution in [-0.4, -0.2) is 0 Å². The maximum Gasteiger partial charge on any atom is 0.0621 e. The van der Waals surface area contributed by atoms with Gasteiger partial charge in [0.25, 0.3) is 0 Å². The van der Waals surface area contributed by atoms with Gasteiger partial charge < -0.3 is 0 Å². The molecule has 0 atom stereocenters. The van der Waals surface area contributed by atoms with Crippen LogP contribution in [-0.2, 0) is 0 Å². The van der Waals surface area contributed by atoms with Crippen LogP contribution >= 0.6 is 0 Å². The molecule has 0 amide bonds. The lowest BCUT2D eigenvalue weighted by Gasteiger charge is -2.14. The Morgan fingerprint density at radius 1 is 1.25 bits per heavy atom. The molecule has 0 radical (unpaired) electrons. The van der Waals surface area contributed by atoms with Crippen LogP contribution in [0.1, 0.15) is 46.5 Å². The fraction of sp³-hybridized carbons (Fsp3) is 0.727. The number of unbranched alkanes of at least 4 members (excludes halogenated alkanes) is 2. The van der Waals surface area contributed by atoms with Crippen molar-refractivity contribution in [3.05, 3.63) is 12.2 Å². The van der Waals surface area contributed by atoms with Crippen LogP contribution in [0.3, 0.4) is 0 Å². The first kappa shape index (κ1) is 11.2. The Morgan fingerprint density at radius 2 is 1.92 bits per heavy atom. The molecule has 0 unspecified atom stereocenters. The van der Waals surface area contributed by atoms with E-state index in [1.165, 1.54) is 0 Å². The van der Waals surface area contributed by atoms with Gasteiger partial charge in [0, 0.05) is 6.42 Å². The van der Waals surface area contributed by atoms with E-state index >= 15 is 0 Å². The summed E-state index contributed by atoms with van der Waals surface area (Å²) in [6.07, 6.45) is 8.25. The number of hydrogen-bond acceptors (Lipinski definition) is 1. The minimum absolute atomic E-state index is 0.395. The normalized spacial score (nSPS) is 11.8. The summed E-state index contributed by atoms with van der Waals surface area (Å²) in [4.78, 5) is 0. The number of nitrogens with zero attached hydrogens (tertiary/aromatic N) is 1. The van der Waals surface area contributed by atoms with Gasteiger partial charge in [0.1, 0.15) is 0 Å². The fourth-order valence-electron chi connectivity index (χ4n) is 0.854. The van der Waals surface area contributed by atoms with Crippen molar-refractivity contribution in [2.24, 2.45) is 5.41 Å². The van der Waals surface area contributed by atoms with Crippen LogP contribution in [0.25, 0.3) is 0 Å². The van der Waals surface area contributed by atoms with Gasteiger partial charge in [0.05, 0.1) is 6.07 Å². The molecule has 0 spiro atoms. The summed E-state index contributed by atoms with van der Waals surface area (Å²) >= 11 is 0. The molecule has 0 saturated heterocycles. The SMILES string of the molecule is CC(C)(C)C/C=C/CCCC#N. The fourth-order valence-corrected chi connectivity index (χ4v) is 0.854. The zero-order valence-electron chi connectivity index (χ0n) is 8.43. The van der Waals surface area contributed by atoms with Gasteiger partial charge in [-0.25, -0.2) is 0 Å². The van der Waals surface area contributed by atoms with Crippen LogP contribution in [0.15, 0.2) is 12.2 Å². The van der Waals surface area contributed by atoms with Gasteiger partial charge >= 0.3 is 0 Å². The third kappa shape index (κ3) is 9.23. The van der Waals surface area contributed by atoms with Crippen molar-refractivity contribution < 1.29 is 0 Å². The molecule has 1 heteroatoms. The molecule has 1 nitrogen and oxygen atoms in total. The maximum atomic E-state index is 8.28. The smallest absolute Gasteiger partial charge is 0.0621 e. The van der Waals surface area contributed by atoms with E-state index in [0.29, 0.717) is 11.8 Å². The number of hydrogen-bond donors (Lipinski definition) is 0. The second kappa shape index (κ2) is 5.83. The van der Waals surface area contributed by atoms with Gasteiger partial charge in [-0.05, 0) is 24.7 Å². The molecule has 68 valence electrons. The first-order chi connectivity index (χ1) is 5.56. The molecule has 0 N–H and O–H groups in total. The molecule has 0 aromatic heterocycles. The van der Waals surface area contributed by atoms with Gasteiger partial charge in [-0.1, -0.05) is 32.9 Å². The lowest BCUT2D eigenvalue weighted by atomic mass is 9.92. The summed E-state index contributed by atoms with van der Waals surface area (Å²) in [5, 5.41) is 8.28. The van der Waals surface area contributed by atoms with Crippen molar-refractivity contribution in [1.29, 1.82) is 5.26 Å². The Kier molecular flexibility index (Phi) is 5.45. The van der Waals surface area contributed by atoms with E-state index in [0.717, 1.165) is 19.3 Å². The summed E-state index contributed by atoms with van der Waals surface area (Å²) in [7, 11) is 0. The molecular formula is C11H19N. The Bertz CT molecular complexity index is 166. The zero-order valence-corrected chi connectivity index (χ0v) is 8.43. The van der Waals surface area contributed by atoms with Crippen LogP contribution < -0.4 is 0 Å². The van der Waals surface area contributed by atoms with E-state index in [9.17, 15) is 0 Å².